The highest BCUT2D eigenvalue weighted by Gasteiger charge is 2.05. The van der Waals surface area contributed by atoms with Crippen molar-refractivity contribution in [3.05, 3.63) is 48.0 Å². The van der Waals surface area contributed by atoms with Gasteiger partial charge in [-0.1, -0.05) is 18.2 Å². The van der Waals surface area contributed by atoms with Crippen LogP contribution in [0.2, 0.25) is 0 Å². The standard InChI is InChI=1S/C11H12N4O/c1-15-10(13-8-14-15)7-12-11(16)9-5-3-2-4-6-9/h2-6,8H,7H2,1H3,(H,12,16). The Kier molecular flexibility index (Phi) is 2.95. The summed E-state index contributed by atoms with van der Waals surface area (Å²) in [4.78, 5) is 15.7. The van der Waals surface area contributed by atoms with Crippen LogP contribution in [0.1, 0.15) is 16.2 Å². The second-order valence-electron chi connectivity index (χ2n) is 3.35. The van der Waals surface area contributed by atoms with E-state index in [4.69, 9.17) is 0 Å². The maximum absolute atomic E-state index is 11.7. The lowest BCUT2D eigenvalue weighted by Gasteiger charge is -2.04. The van der Waals surface area contributed by atoms with E-state index in [1.54, 1.807) is 23.9 Å². The molecule has 2 aromatic rings. The number of carbonyl (C=O) groups is 1. The van der Waals surface area contributed by atoms with E-state index in [1.165, 1.54) is 6.33 Å². The number of benzene rings is 1. The molecule has 0 bridgehead atoms. The predicted molar refractivity (Wildman–Crippen MR) is 58.6 cm³/mol. The molecule has 0 aliphatic heterocycles. The van der Waals surface area contributed by atoms with E-state index >= 15 is 0 Å². The molecule has 0 aliphatic rings. The summed E-state index contributed by atoms with van der Waals surface area (Å²) in [6.07, 6.45) is 1.46. The molecule has 1 heterocycles. The average molecular weight is 216 g/mol. The van der Waals surface area contributed by atoms with Gasteiger partial charge in [-0.25, -0.2) is 4.98 Å². The smallest absolute Gasteiger partial charge is 0.251 e. The largest absolute Gasteiger partial charge is 0.345 e. The van der Waals surface area contributed by atoms with Crippen LogP contribution in [-0.4, -0.2) is 20.7 Å². The van der Waals surface area contributed by atoms with Crippen molar-refractivity contribution in [2.75, 3.05) is 0 Å². The van der Waals surface area contributed by atoms with Crippen molar-refractivity contribution in [3.8, 4) is 0 Å². The fraction of sp³-hybridized carbons (Fsp3) is 0.182. The zero-order chi connectivity index (χ0) is 11.4. The first-order chi connectivity index (χ1) is 7.77. The number of aryl methyl sites for hydroxylation is 1. The molecule has 1 N–H and O–H groups in total. The van der Waals surface area contributed by atoms with E-state index in [0.717, 1.165) is 5.82 Å². The van der Waals surface area contributed by atoms with Crippen LogP contribution < -0.4 is 5.32 Å². The van der Waals surface area contributed by atoms with Crippen molar-refractivity contribution in [2.24, 2.45) is 7.05 Å². The molecular formula is C11H12N4O. The molecule has 0 fully saturated rings. The Morgan fingerprint density at radius 1 is 1.38 bits per heavy atom. The number of nitrogens with zero attached hydrogens (tertiary/aromatic N) is 3. The van der Waals surface area contributed by atoms with Crippen molar-refractivity contribution in [1.29, 1.82) is 0 Å². The lowest BCUT2D eigenvalue weighted by molar-refractivity contribution is 0.0949. The van der Waals surface area contributed by atoms with E-state index in [-0.39, 0.29) is 5.91 Å². The van der Waals surface area contributed by atoms with Crippen molar-refractivity contribution in [2.45, 2.75) is 6.54 Å². The first-order valence-electron chi connectivity index (χ1n) is 4.93. The Morgan fingerprint density at radius 3 is 2.75 bits per heavy atom. The van der Waals surface area contributed by atoms with Gasteiger partial charge in [-0.3, -0.25) is 9.48 Å². The first kappa shape index (κ1) is 10.4. The zero-order valence-corrected chi connectivity index (χ0v) is 8.92. The molecule has 16 heavy (non-hydrogen) atoms. The minimum atomic E-state index is -0.108. The van der Waals surface area contributed by atoms with Gasteiger partial charge in [0, 0.05) is 12.6 Å². The lowest BCUT2D eigenvalue weighted by Crippen LogP contribution is -2.24. The molecule has 0 radical (unpaired) electrons. The topological polar surface area (TPSA) is 59.8 Å². The van der Waals surface area contributed by atoms with Gasteiger partial charge in [-0.15, -0.1) is 0 Å². The number of carbonyl (C=O) groups excluding carboxylic acids is 1. The van der Waals surface area contributed by atoms with E-state index in [1.807, 2.05) is 18.2 Å². The molecule has 82 valence electrons. The van der Waals surface area contributed by atoms with Crippen LogP contribution in [0.15, 0.2) is 36.7 Å². The molecule has 1 aromatic carbocycles. The second kappa shape index (κ2) is 4.57. The highest BCUT2D eigenvalue weighted by Crippen LogP contribution is 1.98. The average Bonchev–Trinajstić information content (AvgIpc) is 2.73. The molecule has 0 atom stereocenters. The van der Waals surface area contributed by atoms with Crippen molar-refractivity contribution < 1.29 is 4.79 Å². The van der Waals surface area contributed by atoms with Gasteiger partial charge in [0.15, 0.2) is 0 Å². The maximum atomic E-state index is 11.7. The van der Waals surface area contributed by atoms with Gasteiger partial charge < -0.3 is 5.32 Å². The van der Waals surface area contributed by atoms with Crippen LogP contribution in [0.3, 0.4) is 0 Å². The van der Waals surface area contributed by atoms with Crippen molar-refractivity contribution >= 4 is 5.91 Å². The van der Waals surface area contributed by atoms with Gasteiger partial charge in [-0.05, 0) is 12.1 Å². The Balaban J connectivity index is 1.97. The fourth-order valence-corrected chi connectivity index (χ4v) is 1.33. The third-order valence-corrected chi connectivity index (χ3v) is 2.25. The van der Waals surface area contributed by atoms with Gasteiger partial charge >= 0.3 is 0 Å². The molecule has 0 saturated carbocycles. The summed E-state index contributed by atoms with van der Waals surface area (Å²) in [6, 6.07) is 9.08. The Labute approximate surface area is 93.1 Å². The van der Waals surface area contributed by atoms with Crippen LogP contribution in [0, 0.1) is 0 Å². The molecule has 0 unspecified atom stereocenters. The third kappa shape index (κ3) is 2.25. The molecule has 5 nitrogen and oxygen atoms in total. The van der Waals surface area contributed by atoms with Gasteiger partial charge in [0.05, 0.1) is 6.54 Å². The van der Waals surface area contributed by atoms with Crippen LogP contribution in [0.25, 0.3) is 0 Å². The molecule has 1 aromatic heterocycles. The molecule has 5 heteroatoms. The van der Waals surface area contributed by atoms with Crippen LogP contribution in [0.4, 0.5) is 0 Å². The highest BCUT2D eigenvalue weighted by molar-refractivity contribution is 5.93. The van der Waals surface area contributed by atoms with E-state index < -0.39 is 0 Å². The van der Waals surface area contributed by atoms with E-state index in [9.17, 15) is 4.79 Å². The first-order valence-corrected chi connectivity index (χ1v) is 4.93. The SMILES string of the molecule is Cn1ncnc1CNC(=O)c1ccccc1. The number of nitrogens with one attached hydrogen (secondary N) is 1. The molecule has 1 amide bonds. The van der Waals surface area contributed by atoms with Crippen molar-refractivity contribution in [1.82, 2.24) is 20.1 Å². The number of amides is 1. The fourth-order valence-electron chi connectivity index (χ4n) is 1.33. The number of rotatable bonds is 3. The third-order valence-electron chi connectivity index (χ3n) is 2.25. The number of hydrogen-bond acceptors (Lipinski definition) is 3. The van der Waals surface area contributed by atoms with Crippen molar-refractivity contribution in [3.63, 3.8) is 0 Å². The zero-order valence-electron chi connectivity index (χ0n) is 8.92. The summed E-state index contributed by atoms with van der Waals surface area (Å²) in [5.41, 5.74) is 0.643. The summed E-state index contributed by atoms with van der Waals surface area (Å²) in [6.45, 7) is 0.379. The van der Waals surface area contributed by atoms with Crippen LogP contribution in [-0.2, 0) is 13.6 Å². The summed E-state index contributed by atoms with van der Waals surface area (Å²) < 4.78 is 1.63. The quantitative estimate of drug-likeness (QED) is 0.823. The number of hydrogen-bond donors (Lipinski definition) is 1. The Hall–Kier alpha value is -2.17. The molecule has 0 saturated heterocycles. The Bertz CT molecular complexity index is 478. The van der Waals surface area contributed by atoms with Gasteiger partial charge in [0.25, 0.3) is 5.91 Å². The van der Waals surface area contributed by atoms with Gasteiger partial charge in [0.1, 0.15) is 12.2 Å². The van der Waals surface area contributed by atoms with Gasteiger partial charge in [0.2, 0.25) is 0 Å². The summed E-state index contributed by atoms with van der Waals surface area (Å²) in [5.74, 6) is 0.618. The molecular weight excluding hydrogens is 204 g/mol. The number of aromatic nitrogens is 3. The summed E-state index contributed by atoms with van der Waals surface area (Å²) >= 11 is 0. The van der Waals surface area contributed by atoms with E-state index in [2.05, 4.69) is 15.4 Å². The Morgan fingerprint density at radius 2 is 2.12 bits per heavy atom. The lowest BCUT2D eigenvalue weighted by atomic mass is 10.2. The summed E-state index contributed by atoms with van der Waals surface area (Å²) in [7, 11) is 1.79. The van der Waals surface area contributed by atoms with Crippen LogP contribution >= 0.6 is 0 Å². The predicted octanol–water partition coefficient (Wildman–Crippen LogP) is 0.745. The minimum absolute atomic E-state index is 0.108. The molecule has 0 aliphatic carbocycles. The minimum Gasteiger partial charge on any atom is -0.345 e. The summed E-state index contributed by atoms with van der Waals surface area (Å²) in [5, 5.41) is 6.70. The molecule has 0 spiro atoms. The highest BCUT2D eigenvalue weighted by atomic mass is 16.1. The van der Waals surface area contributed by atoms with Crippen LogP contribution in [0.5, 0.6) is 0 Å². The van der Waals surface area contributed by atoms with Gasteiger partial charge in [-0.2, -0.15) is 5.10 Å². The van der Waals surface area contributed by atoms with E-state index in [0.29, 0.717) is 12.1 Å². The normalized spacial score (nSPS) is 10.1. The maximum Gasteiger partial charge on any atom is 0.251 e. The monoisotopic (exact) mass is 216 g/mol. The molecule has 2 rings (SSSR count). The second-order valence-corrected chi connectivity index (χ2v) is 3.35.